The molecular weight excluding hydrogens is 234 g/mol. The first kappa shape index (κ1) is 13.6. The second-order valence-corrected chi connectivity index (χ2v) is 5.09. The predicted octanol–water partition coefficient (Wildman–Crippen LogP) is 3.67. The van der Waals surface area contributed by atoms with Gasteiger partial charge in [-0.15, -0.1) is 0 Å². The molecule has 2 aromatic rings. The van der Waals surface area contributed by atoms with Crippen LogP contribution in [0.3, 0.4) is 0 Å². The highest BCUT2D eigenvalue weighted by atomic mass is 16.5. The van der Waals surface area contributed by atoms with Crippen molar-refractivity contribution in [1.82, 2.24) is 0 Å². The average Bonchev–Trinajstić information content (AvgIpc) is 2.37. The van der Waals surface area contributed by atoms with Crippen LogP contribution in [0, 0.1) is 20.8 Å². The quantitative estimate of drug-likeness (QED) is 0.908. The normalized spacial score (nSPS) is 12.3. The van der Waals surface area contributed by atoms with Crippen molar-refractivity contribution in [3.63, 3.8) is 0 Å². The molecule has 0 radical (unpaired) electrons. The molecule has 0 amide bonds. The zero-order valence-corrected chi connectivity index (χ0v) is 12.0. The Balaban J connectivity index is 2.52. The highest BCUT2D eigenvalue weighted by Crippen LogP contribution is 2.32. The molecule has 0 bridgehead atoms. The van der Waals surface area contributed by atoms with E-state index < -0.39 is 0 Å². The van der Waals surface area contributed by atoms with Crippen LogP contribution in [-0.2, 0) is 0 Å². The van der Waals surface area contributed by atoms with Gasteiger partial charge in [0.25, 0.3) is 0 Å². The van der Waals surface area contributed by atoms with Gasteiger partial charge in [0.2, 0.25) is 0 Å². The van der Waals surface area contributed by atoms with E-state index in [9.17, 15) is 0 Å². The summed E-state index contributed by atoms with van der Waals surface area (Å²) in [5.41, 5.74) is 12.2. The van der Waals surface area contributed by atoms with Crippen molar-refractivity contribution in [1.29, 1.82) is 0 Å². The molecule has 0 spiro atoms. The molecule has 2 aromatic carbocycles. The van der Waals surface area contributed by atoms with Gasteiger partial charge in [-0.1, -0.05) is 35.9 Å². The van der Waals surface area contributed by atoms with E-state index in [1.54, 1.807) is 7.11 Å². The first-order chi connectivity index (χ1) is 9.02. The van der Waals surface area contributed by atoms with Crippen molar-refractivity contribution in [2.45, 2.75) is 26.8 Å². The second kappa shape index (κ2) is 5.45. The Hall–Kier alpha value is -1.80. The summed E-state index contributed by atoms with van der Waals surface area (Å²) in [7, 11) is 1.70. The Morgan fingerprint density at radius 3 is 2.37 bits per heavy atom. The van der Waals surface area contributed by atoms with Gasteiger partial charge < -0.3 is 10.5 Å². The number of benzene rings is 2. The number of ether oxygens (including phenoxy) is 1. The minimum absolute atomic E-state index is 0.157. The standard InChI is InChI=1S/C17H21NO/c1-11-6-5-7-14(9-11)17(18)16-13(3)8-12(2)10-15(16)19-4/h5-10,17H,18H2,1-4H3. The van der Waals surface area contributed by atoms with Crippen molar-refractivity contribution in [2.75, 3.05) is 7.11 Å². The summed E-state index contributed by atoms with van der Waals surface area (Å²) >= 11 is 0. The molecule has 1 unspecified atom stereocenters. The van der Waals surface area contributed by atoms with Crippen LogP contribution in [0.25, 0.3) is 0 Å². The van der Waals surface area contributed by atoms with Gasteiger partial charge in [0.1, 0.15) is 5.75 Å². The van der Waals surface area contributed by atoms with Crippen LogP contribution in [0.15, 0.2) is 36.4 Å². The van der Waals surface area contributed by atoms with Crippen LogP contribution in [-0.4, -0.2) is 7.11 Å². The van der Waals surface area contributed by atoms with Gasteiger partial charge in [-0.25, -0.2) is 0 Å². The number of hydrogen-bond donors (Lipinski definition) is 1. The molecule has 0 fully saturated rings. The lowest BCUT2D eigenvalue weighted by Crippen LogP contribution is -2.15. The smallest absolute Gasteiger partial charge is 0.124 e. The average molecular weight is 255 g/mol. The summed E-state index contributed by atoms with van der Waals surface area (Å²) < 4.78 is 5.50. The van der Waals surface area contributed by atoms with Gasteiger partial charge in [-0.3, -0.25) is 0 Å². The van der Waals surface area contributed by atoms with E-state index >= 15 is 0 Å². The molecule has 1 atom stereocenters. The summed E-state index contributed by atoms with van der Waals surface area (Å²) in [6.07, 6.45) is 0. The molecule has 0 saturated heterocycles. The maximum Gasteiger partial charge on any atom is 0.124 e. The Kier molecular flexibility index (Phi) is 3.91. The fraction of sp³-hybridized carbons (Fsp3) is 0.294. The van der Waals surface area contributed by atoms with Crippen LogP contribution in [0.5, 0.6) is 5.75 Å². The Bertz CT molecular complexity index is 590. The van der Waals surface area contributed by atoms with Crippen LogP contribution in [0.4, 0.5) is 0 Å². The minimum Gasteiger partial charge on any atom is -0.496 e. The van der Waals surface area contributed by atoms with Gasteiger partial charge in [-0.05, 0) is 43.5 Å². The van der Waals surface area contributed by atoms with Gasteiger partial charge in [-0.2, -0.15) is 0 Å². The Morgan fingerprint density at radius 1 is 1.00 bits per heavy atom. The monoisotopic (exact) mass is 255 g/mol. The number of hydrogen-bond acceptors (Lipinski definition) is 2. The SMILES string of the molecule is COc1cc(C)cc(C)c1C(N)c1cccc(C)c1. The van der Waals surface area contributed by atoms with Crippen molar-refractivity contribution >= 4 is 0 Å². The number of methoxy groups -OCH3 is 1. The molecule has 19 heavy (non-hydrogen) atoms. The first-order valence-corrected chi connectivity index (χ1v) is 6.50. The lowest BCUT2D eigenvalue weighted by molar-refractivity contribution is 0.407. The predicted molar refractivity (Wildman–Crippen MR) is 79.7 cm³/mol. The van der Waals surface area contributed by atoms with E-state index in [2.05, 4.69) is 45.0 Å². The fourth-order valence-corrected chi connectivity index (χ4v) is 2.54. The Morgan fingerprint density at radius 2 is 1.74 bits per heavy atom. The van der Waals surface area contributed by atoms with Crippen LogP contribution < -0.4 is 10.5 Å². The summed E-state index contributed by atoms with van der Waals surface area (Å²) in [6, 6.07) is 12.3. The molecule has 0 aliphatic carbocycles. The molecule has 2 heteroatoms. The largest absolute Gasteiger partial charge is 0.496 e. The maximum atomic E-state index is 6.43. The summed E-state index contributed by atoms with van der Waals surface area (Å²) in [5.74, 6) is 0.867. The van der Waals surface area contributed by atoms with Crippen molar-refractivity contribution < 1.29 is 4.74 Å². The number of aryl methyl sites for hydroxylation is 3. The zero-order valence-electron chi connectivity index (χ0n) is 12.0. The third kappa shape index (κ3) is 2.79. The van der Waals surface area contributed by atoms with E-state index in [1.165, 1.54) is 16.7 Å². The topological polar surface area (TPSA) is 35.2 Å². The highest BCUT2D eigenvalue weighted by Gasteiger charge is 2.17. The number of nitrogens with two attached hydrogens (primary N) is 1. The molecule has 0 aromatic heterocycles. The number of rotatable bonds is 3. The summed E-state index contributed by atoms with van der Waals surface area (Å²) in [6.45, 7) is 6.23. The van der Waals surface area contributed by atoms with Gasteiger partial charge >= 0.3 is 0 Å². The summed E-state index contributed by atoms with van der Waals surface area (Å²) in [5, 5.41) is 0. The molecule has 100 valence electrons. The van der Waals surface area contributed by atoms with Crippen LogP contribution >= 0.6 is 0 Å². The zero-order chi connectivity index (χ0) is 14.0. The molecular formula is C17H21NO. The lowest BCUT2D eigenvalue weighted by atomic mass is 9.93. The van der Waals surface area contributed by atoms with E-state index in [0.29, 0.717) is 0 Å². The minimum atomic E-state index is -0.157. The van der Waals surface area contributed by atoms with Crippen molar-refractivity contribution in [3.05, 3.63) is 64.2 Å². The third-order valence-corrected chi connectivity index (χ3v) is 3.43. The van der Waals surface area contributed by atoms with Gasteiger partial charge in [0, 0.05) is 5.56 Å². The first-order valence-electron chi connectivity index (χ1n) is 6.50. The molecule has 0 aliphatic rings. The van der Waals surface area contributed by atoms with E-state index in [1.807, 2.05) is 12.1 Å². The second-order valence-electron chi connectivity index (χ2n) is 5.09. The molecule has 0 saturated carbocycles. The van der Waals surface area contributed by atoms with Crippen LogP contribution in [0.2, 0.25) is 0 Å². The lowest BCUT2D eigenvalue weighted by Gasteiger charge is -2.20. The molecule has 0 heterocycles. The third-order valence-electron chi connectivity index (χ3n) is 3.43. The van der Waals surface area contributed by atoms with E-state index in [0.717, 1.165) is 16.9 Å². The van der Waals surface area contributed by atoms with Crippen LogP contribution in [0.1, 0.15) is 33.9 Å². The molecule has 2 nitrogen and oxygen atoms in total. The Labute approximate surface area is 115 Å². The van der Waals surface area contributed by atoms with E-state index in [-0.39, 0.29) is 6.04 Å². The highest BCUT2D eigenvalue weighted by molar-refractivity contribution is 5.48. The van der Waals surface area contributed by atoms with E-state index in [4.69, 9.17) is 10.5 Å². The maximum absolute atomic E-state index is 6.43. The van der Waals surface area contributed by atoms with Gasteiger partial charge in [0.05, 0.1) is 13.2 Å². The van der Waals surface area contributed by atoms with Crippen molar-refractivity contribution in [2.24, 2.45) is 5.73 Å². The summed E-state index contributed by atoms with van der Waals surface area (Å²) in [4.78, 5) is 0. The van der Waals surface area contributed by atoms with Crippen molar-refractivity contribution in [3.8, 4) is 5.75 Å². The molecule has 0 aliphatic heterocycles. The molecule has 2 N–H and O–H groups in total. The van der Waals surface area contributed by atoms with Gasteiger partial charge in [0.15, 0.2) is 0 Å². The fourth-order valence-electron chi connectivity index (χ4n) is 2.54. The molecule has 2 rings (SSSR count).